The lowest BCUT2D eigenvalue weighted by Gasteiger charge is -2.12. The van der Waals surface area contributed by atoms with Gasteiger partial charge in [0.25, 0.3) is 0 Å². The van der Waals surface area contributed by atoms with Crippen LogP contribution in [0.2, 0.25) is 0 Å². The van der Waals surface area contributed by atoms with Crippen molar-refractivity contribution in [3.63, 3.8) is 0 Å². The number of carboxylic acids is 1. The van der Waals surface area contributed by atoms with Crippen molar-refractivity contribution in [3.05, 3.63) is 18.5 Å². The van der Waals surface area contributed by atoms with E-state index in [0.717, 1.165) is 42.4 Å². The zero-order valence-electron chi connectivity index (χ0n) is 10.9. The Morgan fingerprint density at radius 2 is 2.50 bits per heavy atom. The van der Waals surface area contributed by atoms with Crippen LogP contribution in [0.15, 0.2) is 23.6 Å². The summed E-state index contributed by atoms with van der Waals surface area (Å²) in [5.74, 6) is -0.363. The van der Waals surface area contributed by atoms with Crippen LogP contribution in [0.5, 0.6) is 0 Å². The summed E-state index contributed by atoms with van der Waals surface area (Å²) in [6.07, 6.45) is 4.48. The molecule has 0 saturated carbocycles. The highest BCUT2D eigenvalue weighted by Gasteiger charge is 2.20. The van der Waals surface area contributed by atoms with Gasteiger partial charge < -0.3 is 14.4 Å². The zero-order valence-corrected chi connectivity index (χ0v) is 11.7. The Kier molecular flexibility index (Phi) is 3.88. The first kappa shape index (κ1) is 13.4. The van der Waals surface area contributed by atoms with Crippen LogP contribution in [0.4, 0.5) is 0 Å². The number of imidazole rings is 1. The van der Waals surface area contributed by atoms with Crippen molar-refractivity contribution >= 4 is 28.8 Å². The molecule has 0 aliphatic carbocycles. The number of fused-ring (bicyclic) bond motifs is 1. The molecule has 1 aliphatic rings. The summed E-state index contributed by atoms with van der Waals surface area (Å²) in [7, 11) is 0. The first-order valence-electron chi connectivity index (χ1n) is 6.46. The molecule has 1 unspecified atom stereocenters. The fourth-order valence-electron chi connectivity index (χ4n) is 2.36. The molecule has 0 bridgehead atoms. The van der Waals surface area contributed by atoms with Gasteiger partial charge in [0.15, 0.2) is 5.16 Å². The molecule has 106 valence electrons. The second-order valence-electron chi connectivity index (χ2n) is 4.78. The van der Waals surface area contributed by atoms with E-state index in [-0.39, 0.29) is 5.75 Å². The summed E-state index contributed by atoms with van der Waals surface area (Å²) >= 11 is 1.25. The Hall–Kier alpha value is -1.60. The van der Waals surface area contributed by atoms with Gasteiger partial charge in [0, 0.05) is 25.3 Å². The maximum Gasteiger partial charge on any atom is 0.313 e. The van der Waals surface area contributed by atoms with Gasteiger partial charge in [-0.25, -0.2) is 4.98 Å². The van der Waals surface area contributed by atoms with E-state index < -0.39 is 5.97 Å². The number of thioether (sulfide) groups is 1. The van der Waals surface area contributed by atoms with Gasteiger partial charge in [0.05, 0.1) is 24.1 Å². The van der Waals surface area contributed by atoms with Crippen LogP contribution in [0.25, 0.3) is 11.0 Å². The molecule has 2 aromatic heterocycles. The molecule has 1 fully saturated rings. The van der Waals surface area contributed by atoms with Crippen LogP contribution in [0.3, 0.4) is 0 Å². The van der Waals surface area contributed by atoms with Gasteiger partial charge in [0.1, 0.15) is 5.52 Å². The second-order valence-corrected chi connectivity index (χ2v) is 5.72. The van der Waals surface area contributed by atoms with Crippen molar-refractivity contribution < 1.29 is 14.6 Å². The number of carbonyl (C=O) groups is 1. The van der Waals surface area contributed by atoms with Gasteiger partial charge in [-0.3, -0.25) is 9.78 Å². The van der Waals surface area contributed by atoms with E-state index in [0.29, 0.717) is 5.92 Å². The van der Waals surface area contributed by atoms with E-state index in [2.05, 4.69) is 14.5 Å². The first-order chi connectivity index (χ1) is 9.74. The number of hydrogen-bond donors (Lipinski definition) is 1. The summed E-state index contributed by atoms with van der Waals surface area (Å²) in [5, 5.41) is 9.57. The number of aliphatic carboxylic acids is 1. The van der Waals surface area contributed by atoms with Crippen molar-refractivity contribution in [2.24, 2.45) is 5.92 Å². The van der Waals surface area contributed by atoms with Crippen molar-refractivity contribution in [1.82, 2.24) is 14.5 Å². The Morgan fingerprint density at radius 1 is 1.60 bits per heavy atom. The van der Waals surface area contributed by atoms with E-state index >= 15 is 0 Å². The second kappa shape index (κ2) is 5.80. The van der Waals surface area contributed by atoms with Crippen LogP contribution in [0.1, 0.15) is 6.42 Å². The monoisotopic (exact) mass is 293 g/mol. The molecule has 6 nitrogen and oxygen atoms in total. The predicted molar refractivity (Wildman–Crippen MR) is 74.8 cm³/mol. The largest absolute Gasteiger partial charge is 0.481 e. The molecule has 3 rings (SSSR count). The Balaban J connectivity index is 1.91. The lowest BCUT2D eigenvalue weighted by Crippen LogP contribution is -2.12. The van der Waals surface area contributed by atoms with Crippen molar-refractivity contribution in [2.75, 3.05) is 19.0 Å². The minimum atomic E-state index is -0.837. The third-order valence-electron chi connectivity index (χ3n) is 3.31. The van der Waals surface area contributed by atoms with E-state index in [1.54, 1.807) is 12.4 Å². The molecular formula is C13H15N3O3S. The molecule has 1 aliphatic heterocycles. The van der Waals surface area contributed by atoms with Crippen LogP contribution >= 0.6 is 11.8 Å². The number of carboxylic acid groups (broad SMARTS) is 1. The van der Waals surface area contributed by atoms with Gasteiger partial charge in [-0.15, -0.1) is 0 Å². The molecule has 7 heteroatoms. The summed E-state index contributed by atoms with van der Waals surface area (Å²) in [4.78, 5) is 19.3. The molecule has 3 heterocycles. The highest BCUT2D eigenvalue weighted by atomic mass is 32.2. The topological polar surface area (TPSA) is 77.2 Å². The van der Waals surface area contributed by atoms with E-state index in [4.69, 9.17) is 9.84 Å². The highest BCUT2D eigenvalue weighted by molar-refractivity contribution is 7.99. The number of ether oxygens (including phenoxy) is 1. The van der Waals surface area contributed by atoms with Crippen LogP contribution in [0, 0.1) is 5.92 Å². The molecule has 0 radical (unpaired) electrons. The Morgan fingerprint density at radius 3 is 3.25 bits per heavy atom. The molecule has 0 amide bonds. The number of rotatable bonds is 5. The number of hydrogen-bond acceptors (Lipinski definition) is 5. The average molecular weight is 293 g/mol. The smallest absolute Gasteiger partial charge is 0.313 e. The molecular weight excluding hydrogens is 278 g/mol. The average Bonchev–Trinajstić information content (AvgIpc) is 3.05. The zero-order chi connectivity index (χ0) is 13.9. The normalized spacial score (nSPS) is 18.7. The van der Waals surface area contributed by atoms with E-state index in [1.165, 1.54) is 11.8 Å². The molecule has 1 saturated heterocycles. The van der Waals surface area contributed by atoms with Crippen LogP contribution in [-0.2, 0) is 16.1 Å². The lowest BCUT2D eigenvalue weighted by molar-refractivity contribution is -0.133. The van der Waals surface area contributed by atoms with Crippen molar-refractivity contribution in [3.8, 4) is 0 Å². The van der Waals surface area contributed by atoms with Gasteiger partial charge in [-0.05, 0) is 12.5 Å². The molecule has 0 spiro atoms. The summed E-state index contributed by atoms with van der Waals surface area (Å²) in [6, 6.07) is 1.92. The van der Waals surface area contributed by atoms with Gasteiger partial charge >= 0.3 is 5.97 Å². The quantitative estimate of drug-likeness (QED) is 0.845. The fraction of sp³-hybridized carbons (Fsp3) is 0.462. The summed E-state index contributed by atoms with van der Waals surface area (Å²) in [6.45, 7) is 2.37. The third kappa shape index (κ3) is 2.78. The standard InChI is InChI=1S/C13H15N3O3S/c17-12(18)8-20-13-15-10-5-14-3-1-11(10)16(13)6-9-2-4-19-7-9/h1,3,5,9H,2,4,6-8H2,(H,17,18). The van der Waals surface area contributed by atoms with Crippen molar-refractivity contribution in [2.45, 2.75) is 18.1 Å². The third-order valence-corrected chi connectivity index (χ3v) is 4.27. The Bertz CT molecular complexity index is 622. The fourth-order valence-corrected chi connectivity index (χ4v) is 3.10. The molecule has 1 atom stereocenters. The Labute approximate surface area is 120 Å². The summed E-state index contributed by atoms with van der Waals surface area (Å²) < 4.78 is 7.50. The minimum absolute atomic E-state index is 0.0118. The van der Waals surface area contributed by atoms with Crippen LogP contribution in [-0.4, -0.2) is 44.6 Å². The highest BCUT2D eigenvalue weighted by Crippen LogP contribution is 2.26. The maximum absolute atomic E-state index is 10.8. The van der Waals surface area contributed by atoms with Gasteiger partial charge in [-0.1, -0.05) is 11.8 Å². The molecule has 2 aromatic rings. The van der Waals surface area contributed by atoms with Gasteiger partial charge in [0.2, 0.25) is 0 Å². The van der Waals surface area contributed by atoms with E-state index in [1.807, 2.05) is 6.07 Å². The van der Waals surface area contributed by atoms with Crippen LogP contribution < -0.4 is 0 Å². The van der Waals surface area contributed by atoms with E-state index in [9.17, 15) is 4.79 Å². The summed E-state index contributed by atoms with van der Waals surface area (Å²) in [5.41, 5.74) is 1.80. The number of pyridine rings is 1. The SMILES string of the molecule is O=C(O)CSc1nc2cnccc2n1CC1CCOC1. The van der Waals surface area contributed by atoms with Crippen molar-refractivity contribution in [1.29, 1.82) is 0 Å². The number of aromatic nitrogens is 3. The lowest BCUT2D eigenvalue weighted by atomic mass is 10.1. The maximum atomic E-state index is 10.8. The molecule has 20 heavy (non-hydrogen) atoms. The minimum Gasteiger partial charge on any atom is -0.481 e. The molecule has 1 N–H and O–H groups in total. The van der Waals surface area contributed by atoms with Gasteiger partial charge in [-0.2, -0.15) is 0 Å². The molecule has 0 aromatic carbocycles. The predicted octanol–water partition coefficient (Wildman–Crippen LogP) is 1.64. The first-order valence-corrected chi connectivity index (χ1v) is 7.45. The number of nitrogens with zero attached hydrogens (tertiary/aromatic N) is 3.